The van der Waals surface area contributed by atoms with Crippen molar-refractivity contribution in [3.8, 4) is 5.75 Å². The smallest absolute Gasteiger partial charge is 0.326 e. The second-order valence-corrected chi connectivity index (χ2v) is 3.90. The van der Waals surface area contributed by atoms with E-state index in [0.29, 0.717) is 11.3 Å². The van der Waals surface area contributed by atoms with Gasteiger partial charge in [-0.15, -0.1) is 0 Å². The van der Waals surface area contributed by atoms with E-state index in [-0.39, 0.29) is 6.42 Å². The molecule has 0 aromatic heterocycles. The van der Waals surface area contributed by atoms with Crippen LogP contribution in [0.1, 0.15) is 23.7 Å². The third-order valence-electron chi connectivity index (χ3n) is 2.54. The van der Waals surface area contributed by atoms with E-state index in [9.17, 15) is 9.59 Å². The van der Waals surface area contributed by atoms with Crippen LogP contribution in [-0.4, -0.2) is 30.1 Å². The van der Waals surface area contributed by atoms with Crippen molar-refractivity contribution in [3.05, 3.63) is 42.0 Å². The van der Waals surface area contributed by atoms with Gasteiger partial charge in [0.2, 0.25) is 0 Å². The summed E-state index contributed by atoms with van der Waals surface area (Å²) in [7, 11) is 1.50. The largest absolute Gasteiger partial charge is 0.497 e. The van der Waals surface area contributed by atoms with Crippen LogP contribution < -0.4 is 10.1 Å². The highest BCUT2D eigenvalue weighted by Gasteiger charge is 2.19. The minimum atomic E-state index is -1.06. The van der Waals surface area contributed by atoms with Crippen LogP contribution in [0.25, 0.3) is 0 Å². The van der Waals surface area contributed by atoms with E-state index in [2.05, 4.69) is 5.32 Å². The van der Waals surface area contributed by atoms with Gasteiger partial charge in [0.05, 0.1) is 7.11 Å². The van der Waals surface area contributed by atoms with E-state index in [0.717, 1.165) is 0 Å². The van der Waals surface area contributed by atoms with Gasteiger partial charge in [-0.1, -0.05) is 18.2 Å². The van der Waals surface area contributed by atoms with Gasteiger partial charge < -0.3 is 15.2 Å². The zero-order chi connectivity index (χ0) is 14.3. The summed E-state index contributed by atoms with van der Waals surface area (Å²) < 4.78 is 5.01. The SMILES string of the molecule is C/C=C/CC(NC(=O)c1cccc(OC)c1)C(=O)O. The molecule has 0 aliphatic carbocycles. The number of carboxylic acid groups (broad SMARTS) is 1. The van der Waals surface area contributed by atoms with E-state index in [1.165, 1.54) is 7.11 Å². The second-order valence-electron chi connectivity index (χ2n) is 3.90. The molecular weight excluding hydrogens is 246 g/mol. The highest BCUT2D eigenvalue weighted by molar-refractivity contribution is 5.96. The summed E-state index contributed by atoms with van der Waals surface area (Å²) >= 11 is 0. The van der Waals surface area contributed by atoms with Crippen LogP contribution in [0.3, 0.4) is 0 Å². The van der Waals surface area contributed by atoms with E-state index in [4.69, 9.17) is 9.84 Å². The molecule has 0 bridgehead atoms. The molecule has 0 saturated heterocycles. The van der Waals surface area contributed by atoms with Crippen LogP contribution in [0.4, 0.5) is 0 Å². The number of hydrogen-bond acceptors (Lipinski definition) is 3. The molecule has 0 fully saturated rings. The standard InChI is InChI=1S/C14H17NO4/c1-3-4-8-12(14(17)18)15-13(16)10-6-5-7-11(9-10)19-2/h3-7,9,12H,8H2,1-2H3,(H,15,16)(H,17,18)/b4-3+. The summed E-state index contributed by atoms with van der Waals surface area (Å²) in [4.78, 5) is 23.0. The van der Waals surface area contributed by atoms with Gasteiger partial charge in [-0.3, -0.25) is 4.79 Å². The first kappa shape index (κ1) is 14.8. The molecule has 102 valence electrons. The number of carboxylic acids is 1. The molecule has 0 aliphatic rings. The van der Waals surface area contributed by atoms with Gasteiger partial charge >= 0.3 is 5.97 Å². The predicted molar refractivity (Wildman–Crippen MR) is 71.3 cm³/mol. The van der Waals surface area contributed by atoms with Gasteiger partial charge in [0.15, 0.2) is 0 Å². The number of carbonyl (C=O) groups excluding carboxylic acids is 1. The fraction of sp³-hybridized carbons (Fsp3) is 0.286. The van der Waals surface area contributed by atoms with Crippen LogP contribution in [-0.2, 0) is 4.79 Å². The number of allylic oxidation sites excluding steroid dienone is 1. The Bertz CT molecular complexity index is 482. The zero-order valence-electron chi connectivity index (χ0n) is 10.9. The number of carbonyl (C=O) groups is 2. The molecule has 0 spiro atoms. The number of benzene rings is 1. The molecular formula is C14H17NO4. The van der Waals surface area contributed by atoms with Crippen molar-refractivity contribution in [2.24, 2.45) is 0 Å². The van der Waals surface area contributed by atoms with Gasteiger partial charge in [-0.05, 0) is 31.5 Å². The lowest BCUT2D eigenvalue weighted by molar-refractivity contribution is -0.139. The molecule has 5 nitrogen and oxygen atoms in total. The molecule has 1 amide bonds. The summed E-state index contributed by atoms with van der Waals surface area (Å²) in [5, 5.41) is 11.5. The molecule has 1 aromatic carbocycles. The number of aliphatic carboxylic acids is 1. The summed E-state index contributed by atoms with van der Waals surface area (Å²) in [6, 6.07) is 5.62. The van der Waals surface area contributed by atoms with E-state index in [1.807, 2.05) is 0 Å². The maximum Gasteiger partial charge on any atom is 0.326 e. The monoisotopic (exact) mass is 263 g/mol. The number of hydrogen-bond donors (Lipinski definition) is 2. The maximum absolute atomic E-state index is 11.9. The van der Waals surface area contributed by atoms with Crippen molar-refractivity contribution in [2.75, 3.05) is 7.11 Å². The third-order valence-corrected chi connectivity index (χ3v) is 2.54. The molecule has 5 heteroatoms. The van der Waals surface area contributed by atoms with Crippen LogP contribution >= 0.6 is 0 Å². The Morgan fingerprint density at radius 2 is 2.21 bits per heavy atom. The Labute approximate surface area is 111 Å². The number of ether oxygens (including phenoxy) is 1. The summed E-state index contributed by atoms with van der Waals surface area (Å²) in [5.74, 6) is -0.946. The average Bonchev–Trinajstić information content (AvgIpc) is 2.42. The first-order chi connectivity index (χ1) is 9.08. The van der Waals surface area contributed by atoms with E-state index >= 15 is 0 Å². The van der Waals surface area contributed by atoms with Gasteiger partial charge in [-0.2, -0.15) is 0 Å². The Morgan fingerprint density at radius 3 is 2.79 bits per heavy atom. The molecule has 1 atom stereocenters. The molecule has 0 saturated carbocycles. The van der Waals surface area contributed by atoms with Crippen molar-refractivity contribution in [3.63, 3.8) is 0 Å². The van der Waals surface area contributed by atoms with Crippen LogP contribution in [0, 0.1) is 0 Å². The summed E-state index contributed by atoms with van der Waals surface area (Å²) in [5.41, 5.74) is 0.367. The van der Waals surface area contributed by atoms with E-state index in [1.54, 1.807) is 43.3 Å². The van der Waals surface area contributed by atoms with Crippen molar-refractivity contribution in [2.45, 2.75) is 19.4 Å². The lowest BCUT2D eigenvalue weighted by Crippen LogP contribution is -2.40. The Hall–Kier alpha value is -2.30. The molecule has 0 heterocycles. The Morgan fingerprint density at radius 1 is 1.47 bits per heavy atom. The zero-order valence-corrected chi connectivity index (χ0v) is 10.9. The van der Waals surface area contributed by atoms with Gasteiger partial charge in [0.25, 0.3) is 5.91 Å². The van der Waals surface area contributed by atoms with Crippen LogP contribution in [0.2, 0.25) is 0 Å². The van der Waals surface area contributed by atoms with Crippen molar-refractivity contribution in [1.82, 2.24) is 5.32 Å². The lowest BCUT2D eigenvalue weighted by Gasteiger charge is -2.13. The molecule has 1 rings (SSSR count). The second kappa shape index (κ2) is 7.20. The van der Waals surface area contributed by atoms with Gasteiger partial charge in [0.1, 0.15) is 11.8 Å². The Kier molecular flexibility index (Phi) is 5.60. The highest BCUT2D eigenvalue weighted by atomic mass is 16.5. The van der Waals surface area contributed by atoms with Crippen molar-refractivity contribution in [1.29, 1.82) is 0 Å². The third kappa shape index (κ3) is 4.46. The minimum Gasteiger partial charge on any atom is -0.497 e. The molecule has 0 aliphatic heterocycles. The van der Waals surface area contributed by atoms with Crippen molar-refractivity contribution < 1.29 is 19.4 Å². The maximum atomic E-state index is 11.9. The molecule has 1 unspecified atom stereocenters. The predicted octanol–water partition coefficient (Wildman–Crippen LogP) is 1.84. The van der Waals surface area contributed by atoms with Gasteiger partial charge in [-0.25, -0.2) is 4.79 Å². The molecule has 19 heavy (non-hydrogen) atoms. The van der Waals surface area contributed by atoms with Crippen molar-refractivity contribution >= 4 is 11.9 Å². The van der Waals surface area contributed by atoms with E-state index < -0.39 is 17.9 Å². The first-order valence-corrected chi connectivity index (χ1v) is 5.87. The topological polar surface area (TPSA) is 75.6 Å². The lowest BCUT2D eigenvalue weighted by atomic mass is 10.1. The minimum absolute atomic E-state index is 0.252. The molecule has 0 radical (unpaired) electrons. The van der Waals surface area contributed by atoms with Crippen LogP contribution in [0.5, 0.6) is 5.75 Å². The number of rotatable bonds is 6. The summed E-state index contributed by atoms with van der Waals surface area (Å²) in [6.07, 6.45) is 3.69. The summed E-state index contributed by atoms with van der Waals surface area (Å²) in [6.45, 7) is 1.79. The fourth-order valence-corrected chi connectivity index (χ4v) is 1.50. The molecule has 1 aromatic rings. The first-order valence-electron chi connectivity index (χ1n) is 5.87. The number of nitrogens with one attached hydrogen (secondary N) is 1. The fourth-order valence-electron chi connectivity index (χ4n) is 1.50. The average molecular weight is 263 g/mol. The molecule has 2 N–H and O–H groups in total. The quantitative estimate of drug-likeness (QED) is 0.768. The number of methoxy groups -OCH3 is 1. The normalized spacial score (nSPS) is 12.1. The van der Waals surface area contributed by atoms with Gasteiger partial charge in [0, 0.05) is 5.56 Å². The highest BCUT2D eigenvalue weighted by Crippen LogP contribution is 2.12. The van der Waals surface area contributed by atoms with Crippen LogP contribution in [0.15, 0.2) is 36.4 Å². The Balaban J connectivity index is 2.78. The number of amides is 1.